The van der Waals surface area contributed by atoms with Gasteiger partial charge in [0.25, 0.3) is 0 Å². The van der Waals surface area contributed by atoms with Gasteiger partial charge in [-0.05, 0) is 42.7 Å². The van der Waals surface area contributed by atoms with Gasteiger partial charge in [0.2, 0.25) is 0 Å². The summed E-state index contributed by atoms with van der Waals surface area (Å²) in [5, 5.41) is 0. The van der Waals surface area contributed by atoms with Gasteiger partial charge in [0.05, 0.1) is 31.1 Å². The molecule has 0 radical (unpaired) electrons. The molecule has 2 fully saturated rings. The molecule has 116 valence electrons. The molecule has 1 aromatic carbocycles. The van der Waals surface area contributed by atoms with Crippen LogP contribution in [-0.2, 0) is 4.74 Å². The first-order valence-corrected chi connectivity index (χ1v) is 7.95. The monoisotopic (exact) mass is 301 g/mol. The van der Waals surface area contributed by atoms with Crippen LogP contribution >= 0.6 is 0 Å². The zero-order valence-electron chi connectivity index (χ0n) is 12.5. The van der Waals surface area contributed by atoms with E-state index in [-0.39, 0.29) is 11.9 Å². The van der Waals surface area contributed by atoms with Gasteiger partial charge in [0.15, 0.2) is 0 Å². The minimum Gasteiger partial charge on any atom is -0.378 e. The van der Waals surface area contributed by atoms with Crippen LogP contribution in [0, 0.1) is 5.82 Å². The van der Waals surface area contributed by atoms with Crippen molar-refractivity contribution in [2.45, 2.75) is 31.3 Å². The van der Waals surface area contributed by atoms with Crippen molar-refractivity contribution in [3.63, 3.8) is 0 Å². The van der Waals surface area contributed by atoms with Gasteiger partial charge in [-0.1, -0.05) is 6.42 Å². The molecule has 1 aliphatic carbocycles. The number of morpholine rings is 1. The summed E-state index contributed by atoms with van der Waals surface area (Å²) in [4.78, 5) is 10.5. The first-order valence-electron chi connectivity index (χ1n) is 7.95. The van der Waals surface area contributed by atoms with E-state index in [9.17, 15) is 4.39 Å². The summed E-state index contributed by atoms with van der Waals surface area (Å²) in [7, 11) is 0. The van der Waals surface area contributed by atoms with Crippen LogP contribution < -0.4 is 0 Å². The molecule has 1 atom stereocenters. The van der Waals surface area contributed by atoms with Gasteiger partial charge in [-0.25, -0.2) is 9.37 Å². The van der Waals surface area contributed by atoms with E-state index in [1.54, 1.807) is 12.1 Å². The highest BCUT2D eigenvalue weighted by atomic mass is 19.1. The Kier molecular flexibility index (Phi) is 3.68. The maximum atomic E-state index is 13.0. The highest BCUT2D eigenvalue weighted by Crippen LogP contribution is 2.33. The van der Waals surface area contributed by atoms with Gasteiger partial charge < -0.3 is 9.72 Å². The average Bonchev–Trinajstić information content (AvgIpc) is 2.96. The molecule has 4 nitrogen and oxygen atoms in total. The van der Waals surface area contributed by atoms with Crippen molar-refractivity contribution in [1.29, 1.82) is 0 Å². The lowest BCUT2D eigenvalue weighted by molar-refractivity contribution is -0.0494. The number of hydrogen-bond donors (Lipinski definition) is 1. The van der Waals surface area contributed by atoms with Gasteiger partial charge in [-0.3, -0.25) is 4.90 Å². The number of hydrogen-bond acceptors (Lipinski definition) is 3. The number of aromatic amines is 1. The van der Waals surface area contributed by atoms with E-state index >= 15 is 0 Å². The first-order chi connectivity index (χ1) is 10.8. The lowest BCUT2D eigenvalue weighted by atomic mass is 9.90. The Balaban J connectivity index is 1.57. The van der Waals surface area contributed by atoms with E-state index in [4.69, 9.17) is 4.74 Å². The Bertz CT molecular complexity index is 636. The maximum absolute atomic E-state index is 13.0. The molecule has 1 aliphatic heterocycles. The number of nitrogens with zero attached hydrogens (tertiary/aromatic N) is 2. The molecule has 4 rings (SSSR count). The SMILES string of the molecule is Fc1ccc(-c2cnc([C@@H]3COCCN3C3CCC3)[nH]2)cc1. The summed E-state index contributed by atoms with van der Waals surface area (Å²) >= 11 is 0. The molecule has 0 unspecified atom stereocenters. The van der Waals surface area contributed by atoms with Gasteiger partial charge in [0.1, 0.15) is 11.6 Å². The molecule has 0 amide bonds. The number of rotatable bonds is 3. The van der Waals surface area contributed by atoms with Crippen LogP contribution in [0.1, 0.15) is 31.1 Å². The molecule has 0 bridgehead atoms. The molecule has 1 aromatic heterocycles. The number of nitrogens with one attached hydrogen (secondary N) is 1. The van der Waals surface area contributed by atoms with Crippen LogP contribution in [-0.4, -0.2) is 40.7 Å². The highest BCUT2D eigenvalue weighted by Gasteiger charge is 2.34. The summed E-state index contributed by atoms with van der Waals surface area (Å²) in [6.07, 6.45) is 5.72. The van der Waals surface area contributed by atoms with Crippen LogP contribution in [0.2, 0.25) is 0 Å². The number of H-pyrrole nitrogens is 1. The van der Waals surface area contributed by atoms with Gasteiger partial charge in [-0.2, -0.15) is 0 Å². The summed E-state index contributed by atoms with van der Waals surface area (Å²) in [6.45, 7) is 2.47. The van der Waals surface area contributed by atoms with Crippen LogP contribution in [0.5, 0.6) is 0 Å². The molecule has 2 heterocycles. The van der Waals surface area contributed by atoms with E-state index in [1.165, 1.54) is 31.4 Å². The molecule has 1 N–H and O–H groups in total. The third kappa shape index (κ3) is 2.55. The molecule has 0 spiro atoms. The molecule has 5 heteroatoms. The van der Waals surface area contributed by atoms with E-state index < -0.39 is 0 Å². The Morgan fingerprint density at radius 2 is 2.05 bits per heavy atom. The number of ether oxygens (including phenoxy) is 1. The third-order valence-electron chi connectivity index (χ3n) is 4.78. The van der Waals surface area contributed by atoms with E-state index in [1.807, 2.05) is 6.20 Å². The molecule has 22 heavy (non-hydrogen) atoms. The highest BCUT2D eigenvalue weighted by molar-refractivity contribution is 5.58. The Morgan fingerprint density at radius 3 is 2.77 bits per heavy atom. The van der Waals surface area contributed by atoms with Crippen molar-refractivity contribution in [2.24, 2.45) is 0 Å². The minimum absolute atomic E-state index is 0.202. The van der Waals surface area contributed by atoms with Crippen LogP contribution in [0.4, 0.5) is 4.39 Å². The fourth-order valence-corrected chi connectivity index (χ4v) is 3.29. The second-order valence-electron chi connectivity index (χ2n) is 6.10. The predicted molar refractivity (Wildman–Crippen MR) is 81.9 cm³/mol. The Hall–Kier alpha value is -1.72. The van der Waals surface area contributed by atoms with Crippen molar-refractivity contribution in [2.75, 3.05) is 19.8 Å². The summed E-state index contributed by atoms with van der Waals surface area (Å²) in [6, 6.07) is 7.36. The van der Waals surface area contributed by atoms with E-state index in [0.717, 1.165) is 30.2 Å². The quantitative estimate of drug-likeness (QED) is 0.947. The Labute approximate surface area is 129 Å². The van der Waals surface area contributed by atoms with Crippen molar-refractivity contribution < 1.29 is 9.13 Å². The lowest BCUT2D eigenvalue weighted by Gasteiger charge is -2.44. The minimum atomic E-state index is -0.222. The topological polar surface area (TPSA) is 41.1 Å². The van der Waals surface area contributed by atoms with Crippen LogP contribution in [0.15, 0.2) is 30.5 Å². The predicted octanol–water partition coefficient (Wildman–Crippen LogP) is 3.14. The van der Waals surface area contributed by atoms with E-state index in [0.29, 0.717) is 12.6 Å². The second-order valence-corrected chi connectivity index (χ2v) is 6.10. The fraction of sp³-hybridized carbons (Fsp3) is 0.471. The zero-order chi connectivity index (χ0) is 14.9. The number of aromatic nitrogens is 2. The normalized spacial score (nSPS) is 23.4. The number of benzene rings is 1. The zero-order valence-corrected chi connectivity index (χ0v) is 12.5. The first kappa shape index (κ1) is 13.9. The molecule has 1 saturated carbocycles. The number of halogens is 1. The standard InChI is InChI=1S/C17H20FN3O/c18-13-6-4-12(5-7-13)15-10-19-17(20-15)16-11-22-9-8-21(16)14-2-1-3-14/h4-7,10,14,16H,1-3,8-9,11H2,(H,19,20)/t16-/m0/s1. The number of imidazole rings is 1. The fourth-order valence-electron chi connectivity index (χ4n) is 3.29. The Morgan fingerprint density at radius 1 is 1.23 bits per heavy atom. The molecule has 2 aromatic rings. The molecular weight excluding hydrogens is 281 g/mol. The van der Waals surface area contributed by atoms with Crippen LogP contribution in [0.25, 0.3) is 11.3 Å². The van der Waals surface area contributed by atoms with Gasteiger partial charge in [0, 0.05) is 12.6 Å². The van der Waals surface area contributed by atoms with Crippen molar-refractivity contribution >= 4 is 0 Å². The maximum Gasteiger partial charge on any atom is 0.126 e. The van der Waals surface area contributed by atoms with E-state index in [2.05, 4.69) is 14.9 Å². The summed E-state index contributed by atoms with van der Waals surface area (Å²) in [5.74, 6) is 0.728. The summed E-state index contributed by atoms with van der Waals surface area (Å²) in [5.41, 5.74) is 1.88. The van der Waals surface area contributed by atoms with Crippen LogP contribution in [0.3, 0.4) is 0 Å². The second kappa shape index (κ2) is 5.82. The van der Waals surface area contributed by atoms with Crippen molar-refractivity contribution in [1.82, 2.24) is 14.9 Å². The van der Waals surface area contributed by atoms with Crippen molar-refractivity contribution in [3.05, 3.63) is 42.1 Å². The molecule has 1 saturated heterocycles. The molecular formula is C17H20FN3O. The summed E-state index contributed by atoms with van der Waals surface area (Å²) < 4.78 is 18.7. The van der Waals surface area contributed by atoms with Gasteiger partial charge in [-0.15, -0.1) is 0 Å². The smallest absolute Gasteiger partial charge is 0.126 e. The third-order valence-corrected chi connectivity index (χ3v) is 4.78. The average molecular weight is 301 g/mol. The van der Waals surface area contributed by atoms with Gasteiger partial charge >= 0.3 is 0 Å². The van der Waals surface area contributed by atoms with Crippen molar-refractivity contribution in [3.8, 4) is 11.3 Å². The lowest BCUT2D eigenvalue weighted by Crippen LogP contribution is -2.48. The largest absolute Gasteiger partial charge is 0.378 e. The molecule has 2 aliphatic rings.